The lowest BCUT2D eigenvalue weighted by Crippen LogP contribution is -2.15. The van der Waals surface area contributed by atoms with Gasteiger partial charge in [0.2, 0.25) is 5.91 Å². The second kappa shape index (κ2) is 10.4. The number of nitriles is 1. The van der Waals surface area contributed by atoms with E-state index in [4.69, 9.17) is 0 Å². The summed E-state index contributed by atoms with van der Waals surface area (Å²) in [6.45, 7) is 6.64. The highest BCUT2D eigenvalue weighted by atomic mass is 32.2. The van der Waals surface area contributed by atoms with Crippen molar-refractivity contribution >= 4 is 55.4 Å². The third-order valence-electron chi connectivity index (χ3n) is 6.39. The Labute approximate surface area is 216 Å². The number of nitrogens with zero attached hydrogens (tertiary/aromatic N) is 4. The summed E-state index contributed by atoms with van der Waals surface area (Å²) in [5.74, 6) is 1.48. The van der Waals surface area contributed by atoms with Gasteiger partial charge >= 0.3 is 0 Å². The van der Waals surface area contributed by atoms with Gasteiger partial charge in [-0.05, 0) is 36.8 Å². The van der Waals surface area contributed by atoms with Gasteiger partial charge < -0.3 is 5.32 Å². The minimum atomic E-state index is -0.146. The van der Waals surface area contributed by atoms with Crippen molar-refractivity contribution < 1.29 is 4.79 Å². The topological polar surface area (TPSA) is 83.6 Å². The van der Waals surface area contributed by atoms with E-state index in [0.29, 0.717) is 28.2 Å². The average molecular weight is 520 g/mol. The van der Waals surface area contributed by atoms with Gasteiger partial charge in [0.1, 0.15) is 11.1 Å². The Morgan fingerprint density at radius 1 is 1.40 bits per heavy atom. The summed E-state index contributed by atoms with van der Waals surface area (Å²) < 4.78 is 3.19. The molecular weight excluding hydrogens is 495 g/mol. The van der Waals surface area contributed by atoms with Gasteiger partial charge in [-0.15, -0.1) is 39.4 Å². The molecule has 9 heteroatoms. The van der Waals surface area contributed by atoms with E-state index < -0.39 is 0 Å². The lowest BCUT2D eigenvalue weighted by Gasteiger charge is -2.20. The molecule has 0 bridgehead atoms. The standard InChI is InChI=1S/C26H25N5OS3/c1-3-11-31-24(20-14-33-21-8-6-5-7-17(20)21)29-30-26(31)34-15-23(32)28-25-19(13-27)18-10-9-16(4-2)12-22(18)35-25/h3,5-8,14,16H,1,4,9-12,15H2,2H3,(H,28,32). The van der Waals surface area contributed by atoms with Crippen LogP contribution >= 0.6 is 34.4 Å². The first-order chi connectivity index (χ1) is 17.1. The molecule has 1 N–H and O–H groups in total. The lowest BCUT2D eigenvalue weighted by atomic mass is 9.86. The molecule has 0 fully saturated rings. The minimum Gasteiger partial charge on any atom is -0.316 e. The fraction of sp³-hybridized carbons (Fsp3) is 0.308. The van der Waals surface area contributed by atoms with Crippen LogP contribution in [-0.2, 0) is 24.2 Å². The van der Waals surface area contributed by atoms with Crippen LogP contribution in [0.15, 0.2) is 47.5 Å². The van der Waals surface area contributed by atoms with Gasteiger partial charge in [0.25, 0.3) is 0 Å². The van der Waals surface area contributed by atoms with Gasteiger partial charge in [0.15, 0.2) is 11.0 Å². The molecule has 1 aliphatic carbocycles. The number of fused-ring (bicyclic) bond motifs is 2. The number of carbonyl (C=O) groups is 1. The second-order valence-electron chi connectivity index (χ2n) is 8.52. The molecule has 5 rings (SSSR count). The summed E-state index contributed by atoms with van der Waals surface area (Å²) in [5, 5.41) is 26.2. The molecule has 0 spiro atoms. The Hall–Kier alpha value is -2.93. The largest absolute Gasteiger partial charge is 0.316 e. The Kier molecular flexibility index (Phi) is 7.04. The van der Waals surface area contributed by atoms with Crippen molar-refractivity contribution in [1.29, 1.82) is 5.26 Å². The normalized spacial score (nSPS) is 15.0. The fourth-order valence-electron chi connectivity index (χ4n) is 4.54. The molecule has 3 heterocycles. The third-order valence-corrected chi connectivity index (χ3v) is 9.49. The van der Waals surface area contributed by atoms with Crippen molar-refractivity contribution in [3.05, 3.63) is 58.3 Å². The first kappa shape index (κ1) is 23.8. The predicted molar refractivity (Wildman–Crippen MR) is 145 cm³/mol. The number of hydrogen-bond acceptors (Lipinski definition) is 7. The third kappa shape index (κ3) is 4.66. The first-order valence-corrected chi connectivity index (χ1v) is 14.3. The molecule has 1 atom stereocenters. The van der Waals surface area contributed by atoms with E-state index in [0.717, 1.165) is 48.0 Å². The van der Waals surface area contributed by atoms with Crippen LogP contribution in [0.3, 0.4) is 0 Å². The summed E-state index contributed by atoms with van der Waals surface area (Å²) in [6, 6.07) is 10.6. The molecule has 0 saturated carbocycles. The van der Waals surface area contributed by atoms with Crippen LogP contribution in [0.2, 0.25) is 0 Å². The van der Waals surface area contributed by atoms with Crippen LogP contribution in [0.1, 0.15) is 35.8 Å². The molecule has 1 aromatic carbocycles. The Morgan fingerprint density at radius 3 is 3.06 bits per heavy atom. The molecule has 1 unspecified atom stereocenters. The maximum Gasteiger partial charge on any atom is 0.235 e. The zero-order valence-corrected chi connectivity index (χ0v) is 21.9. The van der Waals surface area contributed by atoms with Gasteiger partial charge in [0.05, 0.1) is 11.3 Å². The molecule has 1 amide bonds. The zero-order chi connectivity index (χ0) is 24.4. The Morgan fingerprint density at radius 2 is 2.26 bits per heavy atom. The second-order valence-corrected chi connectivity index (χ2v) is 11.5. The quantitative estimate of drug-likeness (QED) is 0.211. The van der Waals surface area contributed by atoms with Crippen molar-refractivity contribution in [2.75, 3.05) is 11.1 Å². The number of allylic oxidation sites excluding steroid dienone is 1. The van der Waals surface area contributed by atoms with Crippen LogP contribution in [0.4, 0.5) is 5.00 Å². The van der Waals surface area contributed by atoms with Crippen molar-refractivity contribution in [2.45, 2.75) is 44.3 Å². The zero-order valence-electron chi connectivity index (χ0n) is 19.4. The van der Waals surface area contributed by atoms with Crippen molar-refractivity contribution in [2.24, 2.45) is 5.92 Å². The number of hydrogen-bond donors (Lipinski definition) is 1. The van der Waals surface area contributed by atoms with Gasteiger partial charge in [-0.2, -0.15) is 5.26 Å². The van der Waals surface area contributed by atoms with Crippen LogP contribution in [0.25, 0.3) is 21.5 Å². The highest BCUT2D eigenvalue weighted by Crippen LogP contribution is 2.40. The Bertz CT molecular complexity index is 1440. The lowest BCUT2D eigenvalue weighted by molar-refractivity contribution is -0.113. The first-order valence-electron chi connectivity index (χ1n) is 11.6. The summed E-state index contributed by atoms with van der Waals surface area (Å²) in [6.07, 6.45) is 5.98. The maximum absolute atomic E-state index is 12.9. The van der Waals surface area contributed by atoms with Gasteiger partial charge in [0, 0.05) is 32.5 Å². The number of anilines is 1. The monoisotopic (exact) mass is 519 g/mol. The number of amides is 1. The van der Waals surface area contributed by atoms with E-state index in [2.05, 4.69) is 52.6 Å². The molecule has 178 valence electrons. The maximum atomic E-state index is 12.9. The Balaban J connectivity index is 1.32. The summed E-state index contributed by atoms with van der Waals surface area (Å²) in [7, 11) is 0. The molecule has 4 aromatic rings. The smallest absolute Gasteiger partial charge is 0.235 e. The summed E-state index contributed by atoms with van der Waals surface area (Å²) in [5.41, 5.74) is 2.80. The van der Waals surface area contributed by atoms with Crippen LogP contribution in [0.5, 0.6) is 0 Å². The predicted octanol–water partition coefficient (Wildman–Crippen LogP) is 6.52. The molecule has 6 nitrogen and oxygen atoms in total. The molecule has 0 aliphatic heterocycles. The number of carbonyl (C=O) groups excluding carboxylic acids is 1. The molecule has 0 saturated heterocycles. The van der Waals surface area contributed by atoms with E-state index in [1.54, 1.807) is 22.7 Å². The average Bonchev–Trinajstić information content (AvgIpc) is 3.57. The van der Waals surface area contributed by atoms with Crippen molar-refractivity contribution in [3.8, 4) is 17.5 Å². The molecule has 0 radical (unpaired) electrons. The van der Waals surface area contributed by atoms with Crippen molar-refractivity contribution in [3.63, 3.8) is 0 Å². The summed E-state index contributed by atoms with van der Waals surface area (Å²) >= 11 is 4.58. The van der Waals surface area contributed by atoms with E-state index in [1.807, 2.05) is 22.8 Å². The summed E-state index contributed by atoms with van der Waals surface area (Å²) in [4.78, 5) is 14.1. The van der Waals surface area contributed by atoms with Crippen molar-refractivity contribution in [1.82, 2.24) is 14.8 Å². The van der Waals surface area contributed by atoms with E-state index in [1.165, 1.54) is 21.3 Å². The highest BCUT2D eigenvalue weighted by Gasteiger charge is 2.26. The van der Waals surface area contributed by atoms with Crippen LogP contribution in [-0.4, -0.2) is 26.4 Å². The fourth-order valence-corrected chi connectivity index (χ4v) is 7.56. The number of benzene rings is 1. The van der Waals surface area contributed by atoms with E-state index in [-0.39, 0.29) is 11.7 Å². The van der Waals surface area contributed by atoms with Crippen LogP contribution < -0.4 is 5.32 Å². The molecular formula is C26H25N5OS3. The minimum absolute atomic E-state index is 0.146. The molecule has 35 heavy (non-hydrogen) atoms. The number of aromatic nitrogens is 3. The van der Waals surface area contributed by atoms with Crippen LogP contribution in [0, 0.1) is 17.2 Å². The number of thioether (sulfide) groups is 1. The highest BCUT2D eigenvalue weighted by molar-refractivity contribution is 7.99. The molecule has 1 aliphatic rings. The van der Waals surface area contributed by atoms with E-state index in [9.17, 15) is 10.1 Å². The number of rotatable bonds is 8. The number of thiophene rings is 2. The van der Waals surface area contributed by atoms with Gasteiger partial charge in [-0.3, -0.25) is 9.36 Å². The number of nitrogens with one attached hydrogen (secondary N) is 1. The van der Waals surface area contributed by atoms with Gasteiger partial charge in [-0.1, -0.05) is 49.4 Å². The molecule has 3 aromatic heterocycles. The van der Waals surface area contributed by atoms with Gasteiger partial charge in [-0.25, -0.2) is 0 Å². The SMILES string of the molecule is C=CCn1c(SCC(=O)Nc2sc3c(c2C#N)CCC(CC)C3)nnc1-c1csc2ccccc12. The van der Waals surface area contributed by atoms with E-state index >= 15 is 0 Å².